The maximum atomic E-state index is 13.0. The van der Waals surface area contributed by atoms with Gasteiger partial charge in [0.25, 0.3) is 15.9 Å². The Morgan fingerprint density at radius 3 is 2.39 bits per heavy atom. The first-order valence-corrected chi connectivity index (χ1v) is 9.92. The van der Waals surface area contributed by atoms with Crippen LogP contribution in [0.1, 0.15) is 22.8 Å². The summed E-state index contributed by atoms with van der Waals surface area (Å²) in [5, 5.41) is 0. The van der Waals surface area contributed by atoms with E-state index >= 15 is 0 Å². The van der Waals surface area contributed by atoms with Gasteiger partial charge in [0.1, 0.15) is 12.4 Å². The first-order chi connectivity index (χ1) is 13.1. The van der Waals surface area contributed by atoms with E-state index in [0.29, 0.717) is 5.56 Å². The van der Waals surface area contributed by atoms with Crippen LogP contribution < -0.4 is 4.72 Å². The van der Waals surface area contributed by atoms with E-state index < -0.39 is 27.7 Å². The summed E-state index contributed by atoms with van der Waals surface area (Å²) < 4.78 is 45.3. The average Bonchev–Trinajstić information content (AvgIpc) is 2.63. The molecule has 0 radical (unpaired) electrons. The Kier molecular flexibility index (Phi) is 6.74. The Hall–Kier alpha value is -2.94. The molecule has 0 saturated carbocycles. The highest BCUT2D eigenvalue weighted by Crippen LogP contribution is 2.20. The van der Waals surface area contributed by atoms with Crippen LogP contribution in [0, 0.1) is 12.7 Å². The van der Waals surface area contributed by atoms with Gasteiger partial charge in [0.2, 0.25) is 0 Å². The topological polar surface area (TPSA) is 92.8 Å². The van der Waals surface area contributed by atoms with E-state index in [0.717, 1.165) is 17.0 Å². The maximum Gasteiger partial charge on any atom is 0.325 e. The molecule has 0 saturated heterocycles. The van der Waals surface area contributed by atoms with Gasteiger partial charge in [-0.15, -0.1) is 0 Å². The monoisotopic (exact) mass is 408 g/mol. The zero-order valence-corrected chi connectivity index (χ0v) is 16.5. The summed E-state index contributed by atoms with van der Waals surface area (Å²) in [6.45, 7) is 3.27. The van der Waals surface area contributed by atoms with Crippen molar-refractivity contribution in [3.8, 4) is 0 Å². The highest BCUT2D eigenvalue weighted by molar-refractivity contribution is 7.92. The summed E-state index contributed by atoms with van der Waals surface area (Å²) in [7, 11) is -2.56. The van der Waals surface area contributed by atoms with Crippen LogP contribution in [0.5, 0.6) is 0 Å². The predicted octanol–water partition coefficient (Wildman–Crippen LogP) is 2.57. The number of halogens is 1. The van der Waals surface area contributed by atoms with Crippen molar-refractivity contribution in [2.75, 3.05) is 24.9 Å². The standard InChI is InChI=1S/C19H21FN2O5S/c1-4-27-18(23)12-22(3)19(24)17-11-16(10-5-13(17)2)28(25,26)21-15-8-6-14(20)7-9-15/h5-11,21H,4,12H2,1-3H3. The molecule has 0 aromatic heterocycles. The molecule has 0 aliphatic rings. The van der Waals surface area contributed by atoms with E-state index in [9.17, 15) is 22.4 Å². The first-order valence-electron chi connectivity index (χ1n) is 8.44. The molecule has 2 aromatic carbocycles. The van der Waals surface area contributed by atoms with E-state index in [4.69, 9.17) is 4.74 Å². The molecule has 0 unspecified atom stereocenters. The number of esters is 1. The molecule has 1 amide bonds. The Morgan fingerprint density at radius 2 is 1.79 bits per heavy atom. The number of amides is 1. The van der Waals surface area contributed by atoms with Crippen LogP contribution in [0.3, 0.4) is 0 Å². The van der Waals surface area contributed by atoms with Crippen LogP contribution in [0.15, 0.2) is 47.4 Å². The molecule has 0 atom stereocenters. The predicted molar refractivity (Wildman–Crippen MR) is 102 cm³/mol. The molecule has 28 heavy (non-hydrogen) atoms. The van der Waals surface area contributed by atoms with Crippen LogP contribution >= 0.6 is 0 Å². The maximum absolute atomic E-state index is 13.0. The zero-order chi connectivity index (χ0) is 20.9. The molecule has 0 spiro atoms. The number of likely N-dealkylation sites (N-methyl/N-ethyl adjacent to an activating group) is 1. The third-order valence-corrected chi connectivity index (χ3v) is 5.24. The van der Waals surface area contributed by atoms with Gasteiger partial charge in [-0.2, -0.15) is 0 Å². The van der Waals surface area contributed by atoms with Gasteiger partial charge in [0, 0.05) is 18.3 Å². The van der Waals surface area contributed by atoms with Gasteiger partial charge in [0.15, 0.2) is 0 Å². The lowest BCUT2D eigenvalue weighted by molar-refractivity contribution is -0.143. The molecule has 150 valence electrons. The van der Waals surface area contributed by atoms with E-state index in [2.05, 4.69) is 4.72 Å². The van der Waals surface area contributed by atoms with Crippen LogP contribution in [-0.2, 0) is 19.6 Å². The zero-order valence-electron chi connectivity index (χ0n) is 15.7. The number of carbonyl (C=O) groups is 2. The minimum absolute atomic E-state index is 0.129. The van der Waals surface area contributed by atoms with Crippen LogP contribution in [0.4, 0.5) is 10.1 Å². The number of carbonyl (C=O) groups excluding carboxylic acids is 2. The fourth-order valence-electron chi connectivity index (χ4n) is 2.41. The van der Waals surface area contributed by atoms with Crippen molar-refractivity contribution in [3.63, 3.8) is 0 Å². The number of sulfonamides is 1. The van der Waals surface area contributed by atoms with Crippen molar-refractivity contribution in [2.45, 2.75) is 18.7 Å². The quantitative estimate of drug-likeness (QED) is 0.711. The number of benzene rings is 2. The Bertz CT molecular complexity index is 974. The van der Waals surface area contributed by atoms with Crippen molar-refractivity contribution in [3.05, 3.63) is 59.4 Å². The number of hydrogen-bond acceptors (Lipinski definition) is 5. The Labute approximate surface area is 163 Å². The summed E-state index contributed by atoms with van der Waals surface area (Å²) in [5.41, 5.74) is 0.893. The minimum atomic E-state index is -3.99. The van der Waals surface area contributed by atoms with Gasteiger partial charge in [-0.1, -0.05) is 6.07 Å². The largest absolute Gasteiger partial charge is 0.465 e. The van der Waals surface area contributed by atoms with Gasteiger partial charge in [0.05, 0.1) is 11.5 Å². The van der Waals surface area contributed by atoms with Crippen molar-refractivity contribution < 1.29 is 27.1 Å². The summed E-state index contributed by atoms with van der Waals surface area (Å²) in [6.07, 6.45) is 0. The third-order valence-electron chi connectivity index (χ3n) is 3.86. The van der Waals surface area contributed by atoms with Crippen molar-refractivity contribution >= 4 is 27.6 Å². The molecule has 0 heterocycles. The highest BCUT2D eigenvalue weighted by Gasteiger charge is 2.21. The fraction of sp³-hybridized carbons (Fsp3) is 0.263. The molecule has 7 nitrogen and oxygen atoms in total. The van der Waals surface area contributed by atoms with Gasteiger partial charge in [-0.3, -0.25) is 14.3 Å². The van der Waals surface area contributed by atoms with Crippen LogP contribution in [0.25, 0.3) is 0 Å². The van der Waals surface area contributed by atoms with Gasteiger partial charge in [-0.25, -0.2) is 12.8 Å². The second kappa shape index (κ2) is 8.83. The van der Waals surface area contributed by atoms with Crippen molar-refractivity contribution in [1.29, 1.82) is 0 Å². The molecule has 0 aliphatic heterocycles. The Balaban J connectivity index is 2.27. The number of anilines is 1. The summed E-state index contributed by atoms with van der Waals surface area (Å²) in [4.78, 5) is 25.2. The Morgan fingerprint density at radius 1 is 1.14 bits per heavy atom. The summed E-state index contributed by atoms with van der Waals surface area (Å²) in [6, 6.07) is 8.96. The van der Waals surface area contributed by atoms with E-state index in [1.807, 2.05) is 0 Å². The molecule has 0 aliphatic carbocycles. The third kappa shape index (κ3) is 5.29. The van der Waals surface area contributed by atoms with Gasteiger partial charge in [-0.05, 0) is 55.8 Å². The number of rotatable bonds is 7. The molecule has 2 rings (SSSR count). The summed E-state index contributed by atoms with van der Waals surface area (Å²) >= 11 is 0. The van der Waals surface area contributed by atoms with Crippen molar-refractivity contribution in [2.24, 2.45) is 0 Å². The first kappa shape index (κ1) is 21.4. The molecular formula is C19H21FN2O5S. The van der Waals surface area contributed by atoms with E-state index in [1.165, 1.54) is 37.4 Å². The second-order valence-electron chi connectivity index (χ2n) is 6.06. The molecule has 0 fully saturated rings. The number of nitrogens with one attached hydrogen (secondary N) is 1. The second-order valence-corrected chi connectivity index (χ2v) is 7.74. The van der Waals surface area contributed by atoms with Crippen LogP contribution in [-0.4, -0.2) is 45.4 Å². The molecule has 1 N–H and O–H groups in total. The molecule has 2 aromatic rings. The van der Waals surface area contributed by atoms with Crippen molar-refractivity contribution in [1.82, 2.24) is 4.90 Å². The summed E-state index contributed by atoms with van der Waals surface area (Å²) in [5.74, 6) is -1.56. The molecule has 0 bridgehead atoms. The smallest absolute Gasteiger partial charge is 0.325 e. The fourth-order valence-corrected chi connectivity index (χ4v) is 3.49. The lowest BCUT2D eigenvalue weighted by atomic mass is 10.1. The number of hydrogen-bond donors (Lipinski definition) is 1. The lowest BCUT2D eigenvalue weighted by Crippen LogP contribution is -2.33. The van der Waals surface area contributed by atoms with Crippen LogP contribution in [0.2, 0.25) is 0 Å². The number of nitrogens with zero attached hydrogens (tertiary/aromatic N) is 1. The molecule has 9 heteroatoms. The minimum Gasteiger partial charge on any atom is -0.465 e. The highest BCUT2D eigenvalue weighted by atomic mass is 32.2. The SMILES string of the molecule is CCOC(=O)CN(C)C(=O)c1cc(S(=O)(=O)Nc2ccc(F)cc2)ccc1C. The normalized spacial score (nSPS) is 11.0. The average molecular weight is 408 g/mol. The van der Waals surface area contributed by atoms with E-state index in [1.54, 1.807) is 13.8 Å². The van der Waals surface area contributed by atoms with E-state index in [-0.39, 0.29) is 29.3 Å². The lowest BCUT2D eigenvalue weighted by Gasteiger charge is -2.18. The molecular weight excluding hydrogens is 387 g/mol. The number of aryl methyl sites for hydroxylation is 1. The van der Waals surface area contributed by atoms with Gasteiger partial charge >= 0.3 is 5.97 Å². The van der Waals surface area contributed by atoms with Gasteiger partial charge < -0.3 is 9.64 Å². The number of ether oxygens (including phenoxy) is 1.